The van der Waals surface area contributed by atoms with Crippen molar-refractivity contribution < 1.29 is 14.3 Å². The third-order valence-corrected chi connectivity index (χ3v) is 3.56. The van der Waals surface area contributed by atoms with Gasteiger partial charge < -0.3 is 14.8 Å². The molecule has 1 aromatic rings. The Morgan fingerprint density at radius 1 is 1.43 bits per heavy atom. The van der Waals surface area contributed by atoms with Gasteiger partial charge in [-0.25, -0.2) is 0 Å². The molecule has 0 saturated carbocycles. The Hall–Kier alpha value is -1.55. The first-order valence-corrected chi connectivity index (χ1v) is 7.71. The SMILES string of the molecule is CC(C)COc1cccc(C(=O)NC(C)C2CCCO2)c1. The summed E-state index contributed by atoms with van der Waals surface area (Å²) in [5.41, 5.74) is 0.626. The molecule has 0 aromatic heterocycles. The van der Waals surface area contributed by atoms with Crippen molar-refractivity contribution in [3.63, 3.8) is 0 Å². The smallest absolute Gasteiger partial charge is 0.251 e. The molecule has 21 heavy (non-hydrogen) atoms. The summed E-state index contributed by atoms with van der Waals surface area (Å²) >= 11 is 0. The largest absolute Gasteiger partial charge is 0.493 e. The zero-order valence-electron chi connectivity index (χ0n) is 13.1. The minimum Gasteiger partial charge on any atom is -0.493 e. The highest BCUT2D eigenvalue weighted by Gasteiger charge is 2.24. The van der Waals surface area contributed by atoms with E-state index in [1.807, 2.05) is 19.1 Å². The van der Waals surface area contributed by atoms with E-state index >= 15 is 0 Å². The van der Waals surface area contributed by atoms with Crippen molar-refractivity contribution in [2.24, 2.45) is 5.92 Å². The summed E-state index contributed by atoms with van der Waals surface area (Å²) in [4.78, 5) is 12.3. The van der Waals surface area contributed by atoms with E-state index in [0.29, 0.717) is 18.1 Å². The van der Waals surface area contributed by atoms with Crippen molar-refractivity contribution in [3.05, 3.63) is 29.8 Å². The third kappa shape index (κ3) is 4.74. The van der Waals surface area contributed by atoms with Gasteiger partial charge in [-0.15, -0.1) is 0 Å². The molecule has 0 aliphatic carbocycles. The van der Waals surface area contributed by atoms with Gasteiger partial charge in [0.2, 0.25) is 0 Å². The lowest BCUT2D eigenvalue weighted by atomic mass is 10.1. The third-order valence-electron chi connectivity index (χ3n) is 3.56. The number of nitrogens with one attached hydrogen (secondary N) is 1. The van der Waals surface area contributed by atoms with Crippen molar-refractivity contribution in [3.8, 4) is 5.75 Å². The van der Waals surface area contributed by atoms with Crippen LogP contribution in [0.5, 0.6) is 5.75 Å². The summed E-state index contributed by atoms with van der Waals surface area (Å²) in [6, 6.07) is 7.35. The van der Waals surface area contributed by atoms with Gasteiger partial charge in [0, 0.05) is 12.2 Å². The van der Waals surface area contributed by atoms with E-state index in [4.69, 9.17) is 9.47 Å². The van der Waals surface area contributed by atoms with Crippen LogP contribution in [0.25, 0.3) is 0 Å². The zero-order valence-corrected chi connectivity index (χ0v) is 13.1. The molecule has 116 valence electrons. The Labute approximate surface area is 126 Å². The van der Waals surface area contributed by atoms with E-state index in [0.717, 1.165) is 25.2 Å². The first kappa shape index (κ1) is 15.8. The molecule has 2 atom stereocenters. The Morgan fingerprint density at radius 3 is 2.90 bits per heavy atom. The number of carbonyl (C=O) groups excluding carboxylic acids is 1. The predicted molar refractivity (Wildman–Crippen MR) is 82.7 cm³/mol. The van der Waals surface area contributed by atoms with Crippen molar-refractivity contribution in [2.45, 2.75) is 45.8 Å². The van der Waals surface area contributed by atoms with Crippen LogP contribution >= 0.6 is 0 Å². The number of carbonyl (C=O) groups is 1. The number of rotatable bonds is 6. The standard InChI is InChI=1S/C17H25NO3/c1-12(2)11-21-15-7-4-6-14(10-15)17(19)18-13(3)16-8-5-9-20-16/h4,6-7,10,12-13,16H,5,8-9,11H2,1-3H3,(H,18,19). The monoisotopic (exact) mass is 291 g/mol. The summed E-state index contributed by atoms with van der Waals surface area (Å²) < 4.78 is 11.3. The van der Waals surface area contributed by atoms with Gasteiger partial charge in [0.1, 0.15) is 5.75 Å². The molecule has 1 heterocycles. The van der Waals surface area contributed by atoms with Crippen LogP contribution in [0.15, 0.2) is 24.3 Å². The number of benzene rings is 1. The molecule has 1 N–H and O–H groups in total. The molecular formula is C17H25NO3. The molecule has 1 fully saturated rings. The normalized spacial score (nSPS) is 19.5. The predicted octanol–water partition coefficient (Wildman–Crippen LogP) is 3.02. The summed E-state index contributed by atoms with van der Waals surface area (Å²) in [7, 11) is 0. The quantitative estimate of drug-likeness (QED) is 0.876. The highest BCUT2D eigenvalue weighted by molar-refractivity contribution is 5.94. The van der Waals surface area contributed by atoms with Gasteiger partial charge in [-0.3, -0.25) is 4.79 Å². The molecule has 2 unspecified atom stereocenters. The number of hydrogen-bond acceptors (Lipinski definition) is 3. The van der Waals surface area contributed by atoms with Crippen LogP contribution in [0.1, 0.15) is 44.0 Å². The first-order chi connectivity index (χ1) is 10.1. The molecule has 1 aromatic carbocycles. The van der Waals surface area contributed by atoms with E-state index < -0.39 is 0 Å². The van der Waals surface area contributed by atoms with Gasteiger partial charge in [-0.05, 0) is 43.9 Å². The minimum atomic E-state index is -0.0759. The zero-order chi connectivity index (χ0) is 15.2. The first-order valence-electron chi connectivity index (χ1n) is 7.71. The van der Waals surface area contributed by atoms with Gasteiger partial charge in [-0.1, -0.05) is 19.9 Å². The molecular weight excluding hydrogens is 266 g/mol. The molecule has 0 radical (unpaired) electrons. The van der Waals surface area contributed by atoms with Crippen molar-refractivity contribution >= 4 is 5.91 Å². The fourth-order valence-corrected chi connectivity index (χ4v) is 2.37. The maximum Gasteiger partial charge on any atom is 0.251 e. The van der Waals surface area contributed by atoms with Crippen molar-refractivity contribution in [1.82, 2.24) is 5.32 Å². The number of ether oxygens (including phenoxy) is 2. The van der Waals surface area contributed by atoms with Crippen molar-refractivity contribution in [2.75, 3.05) is 13.2 Å². The maximum atomic E-state index is 12.3. The highest BCUT2D eigenvalue weighted by atomic mass is 16.5. The second-order valence-electron chi connectivity index (χ2n) is 6.05. The van der Waals surface area contributed by atoms with Crippen LogP contribution in [0.3, 0.4) is 0 Å². The van der Waals surface area contributed by atoms with Crippen LogP contribution in [0.2, 0.25) is 0 Å². The fourth-order valence-electron chi connectivity index (χ4n) is 2.37. The molecule has 4 nitrogen and oxygen atoms in total. The lowest BCUT2D eigenvalue weighted by molar-refractivity contribution is 0.0712. The minimum absolute atomic E-state index is 0.0280. The molecule has 0 spiro atoms. The van der Waals surface area contributed by atoms with Gasteiger partial charge in [0.25, 0.3) is 5.91 Å². The molecule has 4 heteroatoms. The second kappa shape index (κ2) is 7.46. The van der Waals surface area contributed by atoms with E-state index in [1.165, 1.54) is 0 Å². The molecule has 0 bridgehead atoms. The Balaban J connectivity index is 1.93. The van der Waals surface area contributed by atoms with Gasteiger partial charge in [0.05, 0.1) is 18.8 Å². The lowest BCUT2D eigenvalue weighted by Gasteiger charge is -2.20. The Morgan fingerprint density at radius 2 is 2.24 bits per heavy atom. The molecule has 2 rings (SSSR count). The van der Waals surface area contributed by atoms with Gasteiger partial charge in [-0.2, -0.15) is 0 Å². The number of amides is 1. The second-order valence-corrected chi connectivity index (χ2v) is 6.05. The average Bonchev–Trinajstić information content (AvgIpc) is 2.99. The molecule has 1 amide bonds. The summed E-state index contributed by atoms with van der Waals surface area (Å²) in [6.45, 7) is 7.63. The molecule has 1 saturated heterocycles. The summed E-state index contributed by atoms with van der Waals surface area (Å²) in [5.74, 6) is 1.12. The van der Waals surface area contributed by atoms with Crippen molar-refractivity contribution in [1.29, 1.82) is 0 Å². The van der Waals surface area contributed by atoms with Crippen LogP contribution in [0, 0.1) is 5.92 Å². The highest BCUT2D eigenvalue weighted by Crippen LogP contribution is 2.17. The van der Waals surface area contributed by atoms with Gasteiger partial charge >= 0.3 is 0 Å². The maximum absolute atomic E-state index is 12.3. The topological polar surface area (TPSA) is 47.6 Å². The summed E-state index contributed by atoms with van der Waals surface area (Å²) in [5, 5.41) is 3.01. The summed E-state index contributed by atoms with van der Waals surface area (Å²) in [6.07, 6.45) is 2.22. The van der Waals surface area contributed by atoms with E-state index in [1.54, 1.807) is 12.1 Å². The Bertz CT molecular complexity index is 467. The van der Waals surface area contributed by atoms with E-state index in [9.17, 15) is 4.79 Å². The lowest BCUT2D eigenvalue weighted by Crippen LogP contribution is -2.40. The fraction of sp³-hybridized carbons (Fsp3) is 0.588. The van der Waals surface area contributed by atoms with Crippen LogP contribution in [0.4, 0.5) is 0 Å². The molecule has 1 aliphatic heterocycles. The van der Waals surface area contributed by atoms with Gasteiger partial charge in [0.15, 0.2) is 0 Å². The van der Waals surface area contributed by atoms with Crippen LogP contribution in [-0.2, 0) is 4.74 Å². The van der Waals surface area contributed by atoms with Crippen LogP contribution in [-0.4, -0.2) is 31.3 Å². The van der Waals surface area contributed by atoms with E-state index in [2.05, 4.69) is 19.2 Å². The van der Waals surface area contributed by atoms with Crippen LogP contribution < -0.4 is 10.1 Å². The Kier molecular flexibility index (Phi) is 5.62. The average molecular weight is 291 g/mol. The van der Waals surface area contributed by atoms with E-state index in [-0.39, 0.29) is 18.1 Å². The number of hydrogen-bond donors (Lipinski definition) is 1. The molecule has 1 aliphatic rings.